The molecule has 2 aromatic heterocycles. The molecule has 0 saturated carbocycles. The van der Waals surface area contributed by atoms with Gasteiger partial charge in [0, 0.05) is 23.3 Å². The maximum absolute atomic E-state index is 6.19. The van der Waals surface area contributed by atoms with Crippen LogP contribution in [-0.2, 0) is 0 Å². The molecular formula is C36H36N4OS. The van der Waals surface area contributed by atoms with Crippen molar-refractivity contribution in [2.24, 2.45) is 0 Å². The molecule has 5 aromatic rings. The number of para-hydroxylation sites is 1. The fraction of sp³-hybridized carbons (Fsp3) is 0.222. The van der Waals surface area contributed by atoms with Gasteiger partial charge in [-0.3, -0.25) is 4.98 Å². The van der Waals surface area contributed by atoms with E-state index in [0.717, 1.165) is 28.4 Å². The van der Waals surface area contributed by atoms with Gasteiger partial charge in [-0.15, -0.1) is 0 Å². The van der Waals surface area contributed by atoms with Crippen LogP contribution in [0.1, 0.15) is 57.0 Å². The summed E-state index contributed by atoms with van der Waals surface area (Å²) in [6.07, 6.45) is 1.85. The summed E-state index contributed by atoms with van der Waals surface area (Å²) >= 11 is 6.01. The lowest BCUT2D eigenvalue weighted by Gasteiger charge is -2.28. The molecule has 0 spiro atoms. The van der Waals surface area contributed by atoms with Gasteiger partial charge in [0.25, 0.3) is 0 Å². The monoisotopic (exact) mass is 572 g/mol. The first-order valence-electron chi connectivity index (χ1n) is 14.3. The third-order valence-corrected chi connectivity index (χ3v) is 8.50. The van der Waals surface area contributed by atoms with Crippen LogP contribution in [0.5, 0.6) is 11.5 Å². The van der Waals surface area contributed by atoms with Gasteiger partial charge >= 0.3 is 0 Å². The van der Waals surface area contributed by atoms with E-state index in [2.05, 4.69) is 98.8 Å². The number of aryl methyl sites for hydroxylation is 5. The van der Waals surface area contributed by atoms with Crippen LogP contribution in [0.25, 0.3) is 5.69 Å². The lowest BCUT2D eigenvalue weighted by atomic mass is 9.96. The van der Waals surface area contributed by atoms with Crippen molar-refractivity contribution < 1.29 is 4.74 Å². The van der Waals surface area contributed by atoms with Gasteiger partial charge in [-0.2, -0.15) is 0 Å². The zero-order valence-corrected chi connectivity index (χ0v) is 25.8. The Morgan fingerprint density at radius 1 is 0.786 bits per heavy atom. The van der Waals surface area contributed by atoms with E-state index in [0.29, 0.717) is 5.11 Å². The highest BCUT2D eigenvalue weighted by Crippen LogP contribution is 2.44. The number of pyridine rings is 1. The molecule has 0 bridgehead atoms. The van der Waals surface area contributed by atoms with Gasteiger partial charge in [0.05, 0.1) is 23.5 Å². The number of nitrogens with zero attached hydrogens (tertiary/aromatic N) is 3. The van der Waals surface area contributed by atoms with Crippen molar-refractivity contribution in [3.8, 4) is 17.2 Å². The van der Waals surface area contributed by atoms with Gasteiger partial charge in [-0.25, -0.2) is 0 Å². The Labute approximate surface area is 253 Å². The molecule has 5 nitrogen and oxygen atoms in total. The molecular weight excluding hydrogens is 536 g/mol. The summed E-state index contributed by atoms with van der Waals surface area (Å²) in [6.45, 7) is 13.0. The molecule has 1 N–H and O–H groups in total. The first-order chi connectivity index (χ1) is 20.2. The lowest BCUT2D eigenvalue weighted by molar-refractivity contribution is 0.479. The smallest absolute Gasteiger partial charge is 0.174 e. The number of hydrogen-bond donors (Lipinski definition) is 1. The molecule has 3 heterocycles. The van der Waals surface area contributed by atoms with Gasteiger partial charge in [0.15, 0.2) is 5.11 Å². The van der Waals surface area contributed by atoms with Crippen molar-refractivity contribution in [2.75, 3.05) is 4.90 Å². The number of rotatable bonds is 6. The molecule has 6 heteroatoms. The van der Waals surface area contributed by atoms with Crippen LogP contribution in [0.3, 0.4) is 0 Å². The number of hydrogen-bond acceptors (Lipinski definition) is 3. The van der Waals surface area contributed by atoms with Crippen molar-refractivity contribution in [1.29, 1.82) is 0 Å². The van der Waals surface area contributed by atoms with Crippen LogP contribution >= 0.6 is 12.2 Å². The Hall–Kier alpha value is -4.42. The summed E-state index contributed by atoms with van der Waals surface area (Å²) in [4.78, 5) is 6.98. The second-order valence-electron chi connectivity index (χ2n) is 11.3. The average Bonchev–Trinajstić information content (AvgIpc) is 3.45. The van der Waals surface area contributed by atoms with E-state index in [1.54, 1.807) is 0 Å². The van der Waals surface area contributed by atoms with Crippen LogP contribution < -0.4 is 15.0 Å². The number of aromatic nitrogens is 2. The van der Waals surface area contributed by atoms with E-state index in [1.807, 2.05) is 48.7 Å². The lowest BCUT2D eigenvalue weighted by Crippen LogP contribution is -2.29. The van der Waals surface area contributed by atoms with Crippen molar-refractivity contribution >= 4 is 23.0 Å². The molecule has 212 valence electrons. The summed E-state index contributed by atoms with van der Waals surface area (Å²) in [6, 6.07) is 28.9. The number of benzene rings is 3. The highest BCUT2D eigenvalue weighted by atomic mass is 32.1. The highest BCUT2D eigenvalue weighted by Gasteiger charge is 2.42. The van der Waals surface area contributed by atoms with E-state index >= 15 is 0 Å². The summed E-state index contributed by atoms with van der Waals surface area (Å²) in [5, 5.41) is 4.29. The molecule has 1 fully saturated rings. The predicted molar refractivity (Wildman–Crippen MR) is 175 cm³/mol. The predicted octanol–water partition coefficient (Wildman–Crippen LogP) is 8.69. The first kappa shape index (κ1) is 27.7. The SMILES string of the molecule is Cc1cc(C)c(-n2c(C)cc([C@@H]3[C@H](c4ccccn4)NC(=S)N3c3ccc(Oc4ccccc4C)cc3)c2C)c(C)c1. The number of nitrogens with one attached hydrogen (secondary N) is 1. The highest BCUT2D eigenvalue weighted by molar-refractivity contribution is 7.80. The zero-order valence-electron chi connectivity index (χ0n) is 25.0. The summed E-state index contributed by atoms with van der Waals surface area (Å²) < 4.78 is 8.59. The molecule has 0 unspecified atom stereocenters. The van der Waals surface area contributed by atoms with E-state index in [4.69, 9.17) is 21.9 Å². The van der Waals surface area contributed by atoms with Crippen molar-refractivity contribution in [1.82, 2.24) is 14.9 Å². The average molecular weight is 573 g/mol. The molecule has 0 radical (unpaired) electrons. The molecule has 2 atom stereocenters. The van der Waals surface area contributed by atoms with Crippen LogP contribution in [0.4, 0.5) is 5.69 Å². The zero-order chi connectivity index (χ0) is 29.5. The molecule has 0 aliphatic carbocycles. The van der Waals surface area contributed by atoms with E-state index in [9.17, 15) is 0 Å². The second-order valence-corrected chi connectivity index (χ2v) is 11.7. The van der Waals surface area contributed by atoms with Crippen molar-refractivity contribution in [3.63, 3.8) is 0 Å². The fourth-order valence-corrected chi connectivity index (χ4v) is 6.72. The second kappa shape index (κ2) is 11.1. The minimum Gasteiger partial charge on any atom is -0.457 e. The standard InChI is InChI=1S/C36H36N4OS/c1-22-19-24(3)34(25(4)20-22)39-26(5)21-30(27(39)6)35-33(31-12-9-10-18-37-31)38-36(42)40(35)28-14-16-29(17-15-28)41-32-13-8-7-11-23(32)2/h7-21,33,35H,1-6H3,(H,38,42)/t33-,35+/m0/s1. The normalized spacial score (nSPS) is 16.5. The molecule has 1 aliphatic rings. The Morgan fingerprint density at radius 2 is 1.48 bits per heavy atom. The van der Waals surface area contributed by atoms with Crippen LogP contribution in [0.2, 0.25) is 0 Å². The molecule has 1 saturated heterocycles. The maximum atomic E-state index is 6.19. The molecule has 3 aromatic carbocycles. The summed E-state index contributed by atoms with van der Waals surface area (Å²) in [5.41, 5.74) is 11.7. The molecule has 42 heavy (non-hydrogen) atoms. The van der Waals surface area contributed by atoms with E-state index in [-0.39, 0.29) is 12.1 Å². The Balaban J connectivity index is 1.44. The third kappa shape index (κ3) is 4.96. The number of ether oxygens (including phenoxy) is 1. The van der Waals surface area contributed by atoms with Crippen LogP contribution in [0.15, 0.2) is 91.1 Å². The van der Waals surface area contributed by atoms with Crippen LogP contribution in [0, 0.1) is 41.5 Å². The van der Waals surface area contributed by atoms with Crippen molar-refractivity contribution in [2.45, 2.75) is 53.6 Å². The van der Waals surface area contributed by atoms with Gasteiger partial charge in [-0.1, -0.05) is 42.0 Å². The molecule has 1 aliphatic heterocycles. The largest absolute Gasteiger partial charge is 0.457 e. The molecule has 6 rings (SSSR count). The Kier molecular flexibility index (Phi) is 7.33. The Bertz CT molecular complexity index is 1750. The quantitative estimate of drug-likeness (QED) is 0.206. The van der Waals surface area contributed by atoms with Gasteiger partial charge in [0.1, 0.15) is 11.5 Å². The van der Waals surface area contributed by atoms with Gasteiger partial charge < -0.3 is 19.5 Å². The number of anilines is 1. The Morgan fingerprint density at radius 3 is 2.14 bits per heavy atom. The minimum absolute atomic E-state index is 0.0958. The topological polar surface area (TPSA) is 42.3 Å². The maximum Gasteiger partial charge on any atom is 0.174 e. The van der Waals surface area contributed by atoms with E-state index < -0.39 is 0 Å². The fourth-order valence-electron chi connectivity index (χ4n) is 6.38. The molecule has 0 amide bonds. The van der Waals surface area contributed by atoms with Crippen LogP contribution in [-0.4, -0.2) is 14.7 Å². The van der Waals surface area contributed by atoms with Gasteiger partial charge in [0.2, 0.25) is 0 Å². The van der Waals surface area contributed by atoms with Gasteiger partial charge in [-0.05, 0) is 125 Å². The number of thiocarbonyl (C=S) groups is 1. The third-order valence-electron chi connectivity index (χ3n) is 8.18. The van der Waals surface area contributed by atoms with Crippen molar-refractivity contribution in [3.05, 3.63) is 136 Å². The first-order valence-corrected chi connectivity index (χ1v) is 14.7. The van der Waals surface area contributed by atoms with E-state index in [1.165, 1.54) is 39.3 Å². The summed E-state index contributed by atoms with van der Waals surface area (Å²) in [5.74, 6) is 1.64. The minimum atomic E-state index is -0.115. The summed E-state index contributed by atoms with van der Waals surface area (Å²) in [7, 11) is 0.